The van der Waals surface area contributed by atoms with Gasteiger partial charge in [-0.15, -0.1) is 0 Å². The van der Waals surface area contributed by atoms with E-state index >= 15 is 0 Å². The molecule has 0 aromatic heterocycles. The average Bonchev–Trinajstić information content (AvgIpc) is 2.84. The summed E-state index contributed by atoms with van der Waals surface area (Å²) in [5, 5.41) is 17.0. The number of carbonyl (C=O) groups excluding carboxylic acids is 1. The van der Waals surface area contributed by atoms with E-state index in [-0.39, 0.29) is 17.1 Å². The fourth-order valence-electron chi connectivity index (χ4n) is 2.39. The van der Waals surface area contributed by atoms with E-state index < -0.39 is 10.8 Å². The van der Waals surface area contributed by atoms with E-state index in [1.54, 1.807) is 19.1 Å². The molecule has 1 amide bonds. The Morgan fingerprint density at radius 3 is 2.90 bits per heavy atom. The van der Waals surface area contributed by atoms with Crippen molar-refractivity contribution in [3.05, 3.63) is 39.9 Å². The highest BCUT2D eigenvalue weighted by Crippen LogP contribution is 2.22. The van der Waals surface area contributed by atoms with Gasteiger partial charge in [-0.05, 0) is 32.4 Å². The molecule has 1 aromatic rings. The van der Waals surface area contributed by atoms with Crippen LogP contribution < -0.4 is 10.6 Å². The number of rotatable bonds is 4. The van der Waals surface area contributed by atoms with Gasteiger partial charge in [-0.1, -0.05) is 12.1 Å². The van der Waals surface area contributed by atoms with Gasteiger partial charge in [-0.2, -0.15) is 0 Å². The lowest BCUT2D eigenvalue weighted by Gasteiger charge is -2.26. The van der Waals surface area contributed by atoms with E-state index in [0.717, 1.165) is 19.5 Å². The fourth-order valence-corrected chi connectivity index (χ4v) is 2.39. The van der Waals surface area contributed by atoms with E-state index in [4.69, 9.17) is 0 Å². The number of hydrogen-bond acceptors (Lipinski definition) is 4. The van der Waals surface area contributed by atoms with Crippen molar-refractivity contribution < 1.29 is 9.72 Å². The number of benzene rings is 1. The SMILES string of the molecule is CC(C(=O)NC1(C)CCNC1)c1cccc([N+](=O)[O-])c1. The molecule has 1 heterocycles. The Hall–Kier alpha value is -1.95. The van der Waals surface area contributed by atoms with Crippen molar-refractivity contribution in [2.75, 3.05) is 13.1 Å². The molecule has 2 rings (SSSR count). The molecule has 108 valence electrons. The highest BCUT2D eigenvalue weighted by Gasteiger charge is 2.31. The van der Waals surface area contributed by atoms with Crippen LogP contribution in [0, 0.1) is 10.1 Å². The van der Waals surface area contributed by atoms with Gasteiger partial charge >= 0.3 is 0 Å². The van der Waals surface area contributed by atoms with Crippen molar-refractivity contribution >= 4 is 11.6 Å². The predicted molar refractivity (Wildman–Crippen MR) is 75.5 cm³/mol. The Morgan fingerprint density at radius 1 is 1.55 bits per heavy atom. The predicted octanol–water partition coefficient (Wildman–Crippen LogP) is 1.57. The summed E-state index contributed by atoms with van der Waals surface area (Å²) in [5.74, 6) is -0.510. The van der Waals surface area contributed by atoms with Crippen LogP contribution in [0.1, 0.15) is 31.7 Å². The molecule has 1 fully saturated rings. The van der Waals surface area contributed by atoms with Gasteiger partial charge in [0.25, 0.3) is 5.69 Å². The summed E-state index contributed by atoms with van der Waals surface area (Å²) in [4.78, 5) is 22.6. The summed E-state index contributed by atoms with van der Waals surface area (Å²) in [6.07, 6.45) is 0.889. The van der Waals surface area contributed by atoms with Gasteiger partial charge in [0, 0.05) is 18.7 Å². The number of nitro benzene ring substituents is 1. The topological polar surface area (TPSA) is 84.3 Å². The lowest BCUT2D eigenvalue weighted by Crippen LogP contribution is -2.48. The third kappa shape index (κ3) is 3.14. The molecule has 1 aliphatic heterocycles. The molecule has 1 aromatic carbocycles. The first-order chi connectivity index (χ1) is 9.41. The van der Waals surface area contributed by atoms with Gasteiger partial charge in [0.15, 0.2) is 0 Å². The molecule has 1 saturated heterocycles. The van der Waals surface area contributed by atoms with Gasteiger partial charge in [0.2, 0.25) is 5.91 Å². The van der Waals surface area contributed by atoms with Crippen LogP contribution in [0.25, 0.3) is 0 Å². The third-order valence-corrected chi connectivity index (χ3v) is 3.77. The van der Waals surface area contributed by atoms with Crippen LogP contribution in [0.4, 0.5) is 5.69 Å². The molecular formula is C14H19N3O3. The number of nitro groups is 1. The van der Waals surface area contributed by atoms with E-state index in [2.05, 4.69) is 10.6 Å². The van der Waals surface area contributed by atoms with Crippen molar-refractivity contribution in [2.45, 2.75) is 31.7 Å². The van der Waals surface area contributed by atoms with Crippen molar-refractivity contribution in [1.29, 1.82) is 0 Å². The lowest BCUT2D eigenvalue weighted by atomic mass is 9.96. The zero-order valence-corrected chi connectivity index (χ0v) is 11.7. The third-order valence-electron chi connectivity index (χ3n) is 3.77. The van der Waals surface area contributed by atoms with Gasteiger partial charge in [-0.25, -0.2) is 0 Å². The first-order valence-corrected chi connectivity index (χ1v) is 6.68. The first kappa shape index (κ1) is 14.5. The average molecular weight is 277 g/mol. The summed E-state index contributed by atoms with van der Waals surface area (Å²) in [6.45, 7) is 5.41. The Labute approximate surface area is 117 Å². The maximum absolute atomic E-state index is 12.3. The number of nitrogens with one attached hydrogen (secondary N) is 2. The minimum atomic E-state index is -0.448. The molecule has 0 spiro atoms. The minimum absolute atomic E-state index is 0.0101. The second-order valence-electron chi connectivity index (χ2n) is 5.55. The van der Waals surface area contributed by atoms with Crippen LogP contribution in [0.5, 0.6) is 0 Å². The second kappa shape index (κ2) is 5.58. The Kier molecular flexibility index (Phi) is 4.04. The molecule has 2 unspecified atom stereocenters. The number of non-ortho nitro benzene ring substituents is 1. The highest BCUT2D eigenvalue weighted by atomic mass is 16.6. The molecule has 6 nitrogen and oxygen atoms in total. The van der Waals surface area contributed by atoms with Crippen molar-refractivity contribution in [1.82, 2.24) is 10.6 Å². The van der Waals surface area contributed by atoms with Crippen LogP contribution in [0.2, 0.25) is 0 Å². The second-order valence-corrected chi connectivity index (χ2v) is 5.55. The van der Waals surface area contributed by atoms with Crippen molar-refractivity contribution in [2.24, 2.45) is 0 Å². The number of carbonyl (C=O) groups is 1. The van der Waals surface area contributed by atoms with Crippen LogP contribution in [-0.2, 0) is 4.79 Å². The van der Waals surface area contributed by atoms with Gasteiger partial charge in [0.05, 0.1) is 16.4 Å². The van der Waals surface area contributed by atoms with Crippen LogP contribution in [0.3, 0.4) is 0 Å². The lowest BCUT2D eigenvalue weighted by molar-refractivity contribution is -0.384. The van der Waals surface area contributed by atoms with Gasteiger partial charge in [0.1, 0.15) is 0 Å². The molecule has 0 radical (unpaired) electrons. The quantitative estimate of drug-likeness (QED) is 0.646. The monoisotopic (exact) mass is 277 g/mol. The molecule has 0 aliphatic carbocycles. The van der Waals surface area contributed by atoms with E-state index in [1.165, 1.54) is 12.1 Å². The number of hydrogen-bond donors (Lipinski definition) is 2. The summed E-state index contributed by atoms with van der Waals surface area (Å²) in [5.41, 5.74) is 0.439. The molecule has 1 aliphatic rings. The zero-order chi connectivity index (χ0) is 14.8. The van der Waals surface area contributed by atoms with E-state index in [9.17, 15) is 14.9 Å². The summed E-state index contributed by atoms with van der Waals surface area (Å²) < 4.78 is 0. The Morgan fingerprint density at radius 2 is 2.30 bits per heavy atom. The fraction of sp³-hybridized carbons (Fsp3) is 0.500. The van der Waals surface area contributed by atoms with Gasteiger partial charge in [-0.3, -0.25) is 14.9 Å². The normalized spacial score (nSPS) is 23.3. The Bertz CT molecular complexity index is 524. The zero-order valence-electron chi connectivity index (χ0n) is 11.7. The smallest absolute Gasteiger partial charge is 0.269 e. The molecular weight excluding hydrogens is 258 g/mol. The van der Waals surface area contributed by atoms with Crippen molar-refractivity contribution in [3.63, 3.8) is 0 Å². The molecule has 2 N–H and O–H groups in total. The van der Waals surface area contributed by atoms with E-state index in [0.29, 0.717) is 5.56 Å². The molecule has 6 heteroatoms. The molecule has 2 atom stereocenters. The molecule has 0 bridgehead atoms. The van der Waals surface area contributed by atoms with Crippen LogP contribution in [0.15, 0.2) is 24.3 Å². The molecule has 20 heavy (non-hydrogen) atoms. The van der Waals surface area contributed by atoms with E-state index in [1.807, 2.05) is 6.92 Å². The molecule has 0 saturated carbocycles. The maximum atomic E-state index is 12.3. The number of amides is 1. The Balaban J connectivity index is 2.10. The van der Waals surface area contributed by atoms with Crippen LogP contribution in [-0.4, -0.2) is 29.5 Å². The summed E-state index contributed by atoms with van der Waals surface area (Å²) >= 11 is 0. The number of nitrogens with zero attached hydrogens (tertiary/aromatic N) is 1. The minimum Gasteiger partial charge on any atom is -0.349 e. The maximum Gasteiger partial charge on any atom is 0.269 e. The van der Waals surface area contributed by atoms with Crippen molar-refractivity contribution in [3.8, 4) is 0 Å². The van der Waals surface area contributed by atoms with Gasteiger partial charge < -0.3 is 10.6 Å². The van der Waals surface area contributed by atoms with Crippen LogP contribution >= 0.6 is 0 Å². The standard InChI is InChI=1S/C14H19N3O3/c1-10(11-4-3-5-12(8-11)17(19)20)13(18)16-14(2)6-7-15-9-14/h3-5,8,10,15H,6-7,9H2,1-2H3,(H,16,18). The summed E-state index contributed by atoms with van der Waals surface area (Å²) in [7, 11) is 0. The largest absolute Gasteiger partial charge is 0.349 e. The first-order valence-electron chi connectivity index (χ1n) is 6.68. The summed E-state index contributed by atoms with van der Waals surface area (Å²) in [6, 6.07) is 6.23. The highest BCUT2D eigenvalue weighted by molar-refractivity contribution is 5.84.